The van der Waals surface area contributed by atoms with Crippen molar-refractivity contribution in [2.24, 2.45) is 0 Å². The van der Waals surface area contributed by atoms with Gasteiger partial charge in [0.05, 0.1) is 0 Å². The second-order valence-corrected chi connectivity index (χ2v) is 5.22. The molecule has 0 aliphatic rings. The highest BCUT2D eigenvalue weighted by atomic mass is 16.4. The van der Waals surface area contributed by atoms with Crippen LogP contribution in [0.2, 0.25) is 0 Å². The van der Waals surface area contributed by atoms with Crippen LogP contribution in [0.1, 0.15) is 22.6 Å². The summed E-state index contributed by atoms with van der Waals surface area (Å²) in [5.41, 5.74) is 5.16. The maximum atomic E-state index is 5.41. The number of anilines is 1. The van der Waals surface area contributed by atoms with Gasteiger partial charge in [-0.15, -0.1) is 0 Å². The Labute approximate surface area is 123 Å². The number of nitrogens with one attached hydrogen (secondary N) is 1. The van der Waals surface area contributed by atoms with E-state index in [9.17, 15) is 0 Å². The normalized spacial score (nSPS) is 11.0. The van der Waals surface area contributed by atoms with Crippen LogP contribution in [-0.4, -0.2) is 21.5 Å². The molecule has 0 aliphatic carbocycles. The van der Waals surface area contributed by atoms with Crippen LogP contribution in [0.25, 0.3) is 11.2 Å². The van der Waals surface area contributed by atoms with Crippen LogP contribution in [0.3, 0.4) is 0 Å². The summed E-state index contributed by atoms with van der Waals surface area (Å²) in [7, 11) is 0. The first-order chi connectivity index (χ1) is 10.1. The van der Waals surface area contributed by atoms with Gasteiger partial charge in [0.25, 0.3) is 5.71 Å². The lowest BCUT2D eigenvalue weighted by molar-refractivity contribution is 0.551. The molecular formula is C16H18N4O. The fourth-order valence-corrected chi connectivity index (χ4v) is 2.37. The fraction of sp³-hybridized carbons (Fsp3) is 0.312. The van der Waals surface area contributed by atoms with Gasteiger partial charge in [-0.3, -0.25) is 0 Å². The first-order valence-electron chi connectivity index (χ1n) is 7.01. The molecule has 3 aromatic rings. The van der Waals surface area contributed by atoms with Gasteiger partial charge in [-0.2, -0.15) is 4.98 Å². The van der Waals surface area contributed by atoms with Crippen LogP contribution in [0, 0.1) is 20.8 Å². The molecule has 108 valence electrons. The van der Waals surface area contributed by atoms with Gasteiger partial charge in [-0.25, -0.2) is 9.97 Å². The van der Waals surface area contributed by atoms with Gasteiger partial charge in [0, 0.05) is 13.5 Å². The van der Waals surface area contributed by atoms with Crippen LogP contribution in [-0.2, 0) is 6.42 Å². The molecule has 1 aromatic carbocycles. The number of aromatic nitrogens is 3. The third-order valence-electron chi connectivity index (χ3n) is 3.49. The highest BCUT2D eigenvalue weighted by Crippen LogP contribution is 2.19. The van der Waals surface area contributed by atoms with E-state index in [2.05, 4.69) is 52.3 Å². The van der Waals surface area contributed by atoms with E-state index in [0.29, 0.717) is 17.1 Å². The lowest BCUT2D eigenvalue weighted by Crippen LogP contribution is -2.08. The molecule has 0 aliphatic heterocycles. The second kappa shape index (κ2) is 5.52. The molecular weight excluding hydrogens is 264 g/mol. The quantitative estimate of drug-likeness (QED) is 0.796. The number of nitrogens with zero attached hydrogens (tertiary/aromatic N) is 3. The summed E-state index contributed by atoms with van der Waals surface area (Å²) >= 11 is 0. The second-order valence-electron chi connectivity index (χ2n) is 5.22. The molecule has 5 heteroatoms. The van der Waals surface area contributed by atoms with Gasteiger partial charge < -0.3 is 9.73 Å². The van der Waals surface area contributed by atoms with E-state index < -0.39 is 0 Å². The smallest absolute Gasteiger partial charge is 0.252 e. The number of rotatable bonds is 4. The minimum Gasteiger partial charge on any atom is -0.422 e. The molecule has 21 heavy (non-hydrogen) atoms. The van der Waals surface area contributed by atoms with Crippen molar-refractivity contribution in [3.8, 4) is 0 Å². The molecule has 0 bridgehead atoms. The summed E-state index contributed by atoms with van der Waals surface area (Å²) in [6, 6.07) is 6.53. The van der Waals surface area contributed by atoms with Crippen LogP contribution in [0.4, 0.5) is 5.82 Å². The Hall–Kier alpha value is -2.43. The zero-order chi connectivity index (χ0) is 14.8. The third-order valence-corrected chi connectivity index (χ3v) is 3.49. The third kappa shape index (κ3) is 2.86. The molecule has 0 atom stereocenters. The average molecular weight is 282 g/mol. The summed E-state index contributed by atoms with van der Waals surface area (Å²) in [6.07, 6.45) is 2.43. The van der Waals surface area contributed by atoms with Crippen molar-refractivity contribution in [2.75, 3.05) is 11.9 Å². The van der Waals surface area contributed by atoms with Gasteiger partial charge >= 0.3 is 0 Å². The molecule has 0 saturated carbocycles. The summed E-state index contributed by atoms with van der Waals surface area (Å²) < 4.78 is 5.41. The van der Waals surface area contributed by atoms with Gasteiger partial charge in [0.2, 0.25) is 0 Å². The minimum atomic E-state index is 0.525. The van der Waals surface area contributed by atoms with Crippen LogP contribution in [0.5, 0.6) is 0 Å². The van der Waals surface area contributed by atoms with E-state index in [-0.39, 0.29) is 0 Å². The van der Waals surface area contributed by atoms with Crippen LogP contribution < -0.4 is 5.32 Å². The van der Waals surface area contributed by atoms with Gasteiger partial charge in [0.1, 0.15) is 6.33 Å². The maximum absolute atomic E-state index is 5.41. The fourth-order valence-electron chi connectivity index (χ4n) is 2.37. The van der Waals surface area contributed by atoms with Crippen molar-refractivity contribution in [2.45, 2.75) is 27.2 Å². The van der Waals surface area contributed by atoms with Gasteiger partial charge in [0.15, 0.2) is 17.2 Å². The Bertz CT molecular complexity index is 779. The van der Waals surface area contributed by atoms with Crippen molar-refractivity contribution in [3.63, 3.8) is 0 Å². The van der Waals surface area contributed by atoms with E-state index in [1.54, 1.807) is 0 Å². The molecule has 0 saturated heterocycles. The van der Waals surface area contributed by atoms with E-state index in [1.807, 2.05) is 6.92 Å². The number of oxazole rings is 1. The Morgan fingerprint density at radius 3 is 2.86 bits per heavy atom. The first-order valence-corrected chi connectivity index (χ1v) is 7.01. The monoisotopic (exact) mass is 282 g/mol. The Kier molecular flexibility index (Phi) is 3.56. The van der Waals surface area contributed by atoms with Gasteiger partial charge in [-0.1, -0.05) is 23.8 Å². The molecule has 0 amide bonds. The number of fused-ring (bicyclic) bond motifs is 1. The standard InChI is InChI=1S/C16H18N4O/c1-10-4-5-11(2)13(8-10)6-7-17-15-14-16(19-9-18-15)21-12(3)20-14/h4-5,8-9H,6-7H2,1-3H3,(H,17,18,19). The lowest BCUT2D eigenvalue weighted by Gasteiger charge is -2.08. The number of benzene rings is 1. The van der Waals surface area contributed by atoms with Crippen molar-refractivity contribution >= 4 is 17.0 Å². The molecule has 0 spiro atoms. The van der Waals surface area contributed by atoms with Crippen molar-refractivity contribution < 1.29 is 4.42 Å². The molecule has 2 heterocycles. The Morgan fingerprint density at radius 1 is 1.14 bits per heavy atom. The molecule has 0 fully saturated rings. The topological polar surface area (TPSA) is 63.8 Å². The molecule has 2 aromatic heterocycles. The van der Waals surface area contributed by atoms with E-state index in [4.69, 9.17) is 4.42 Å². The first kappa shape index (κ1) is 13.5. The largest absolute Gasteiger partial charge is 0.422 e. The van der Waals surface area contributed by atoms with Crippen molar-refractivity contribution in [1.29, 1.82) is 0 Å². The van der Waals surface area contributed by atoms with Crippen LogP contribution >= 0.6 is 0 Å². The van der Waals surface area contributed by atoms with E-state index in [0.717, 1.165) is 18.8 Å². The zero-order valence-electron chi connectivity index (χ0n) is 12.5. The van der Waals surface area contributed by atoms with Crippen molar-refractivity contribution in [1.82, 2.24) is 15.0 Å². The van der Waals surface area contributed by atoms with Crippen molar-refractivity contribution in [3.05, 3.63) is 47.1 Å². The Balaban J connectivity index is 1.73. The van der Waals surface area contributed by atoms with Gasteiger partial charge in [-0.05, 0) is 31.4 Å². The Morgan fingerprint density at radius 2 is 2.00 bits per heavy atom. The zero-order valence-corrected chi connectivity index (χ0v) is 12.5. The highest BCUT2D eigenvalue weighted by Gasteiger charge is 2.09. The number of hydrogen-bond donors (Lipinski definition) is 1. The van der Waals surface area contributed by atoms with E-state index >= 15 is 0 Å². The maximum Gasteiger partial charge on any atom is 0.252 e. The molecule has 3 rings (SSSR count). The molecule has 5 nitrogen and oxygen atoms in total. The summed E-state index contributed by atoms with van der Waals surface area (Å²) in [5.74, 6) is 1.32. The predicted molar refractivity (Wildman–Crippen MR) is 82.4 cm³/mol. The number of aryl methyl sites for hydroxylation is 3. The molecule has 1 N–H and O–H groups in total. The van der Waals surface area contributed by atoms with E-state index in [1.165, 1.54) is 23.0 Å². The summed E-state index contributed by atoms with van der Waals surface area (Å²) in [4.78, 5) is 12.6. The molecule has 0 unspecified atom stereocenters. The SMILES string of the molecule is Cc1ccc(C)c(CCNc2ncnc3oc(C)nc23)c1. The van der Waals surface area contributed by atoms with Crippen LogP contribution in [0.15, 0.2) is 28.9 Å². The molecule has 0 radical (unpaired) electrons. The lowest BCUT2D eigenvalue weighted by atomic mass is 10.0. The minimum absolute atomic E-state index is 0.525. The predicted octanol–water partition coefficient (Wildman–Crippen LogP) is 3.20. The highest BCUT2D eigenvalue weighted by molar-refractivity contribution is 5.80. The average Bonchev–Trinajstić information content (AvgIpc) is 2.84. The number of hydrogen-bond acceptors (Lipinski definition) is 5. The summed E-state index contributed by atoms with van der Waals surface area (Å²) in [6.45, 7) is 6.85. The summed E-state index contributed by atoms with van der Waals surface area (Å²) in [5, 5.41) is 3.32.